The summed E-state index contributed by atoms with van der Waals surface area (Å²) in [7, 11) is 0. The molecule has 1 aromatic carbocycles. The zero-order chi connectivity index (χ0) is 5.98. The van der Waals surface area contributed by atoms with Gasteiger partial charge in [-0.05, 0) is 22.0 Å². The van der Waals surface area contributed by atoms with Gasteiger partial charge in [-0.2, -0.15) is 0 Å². The Morgan fingerprint density at radius 2 is 2.38 bits per heavy atom. The average molecular weight is 190 g/mol. The van der Waals surface area contributed by atoms with Gasteiger partial charge in [-0.1, -0.05) is 23.7 Å². The predicted molar refractivity (Wildman–Crippen MR) is 38.0 cm³/mol. The largest absolute Gasteiger partial charge is 0.0824 e. The van der Waals surface area contributed by atoms with Crippen molar-refractivity contribution in [3.63, 3.8) is 0 Å². The molecule has 0 aliphatic carbocycles. The molecule has 0 unspecified atom stereocenters. The van der Waals surface area contributed by atoms with Crippen LogP contribution in [0.1, 0.15) is 0 Å². The maximum absolute atomic E-state index is 5.61. The van der Waals surface area contributed by atoms with Crippen molar-refractivity contribution < 1.29 is 0 Å². The molecule has 0 aliphatic heterocycles. The fraction of sp³-hybridized carbons (Fsp3) is 0. The molecule has 0 spiro atoms. The molecular weight excluding hydrogens is 187 g/mol. The van der Waals surface area contributed by atoms with Crippen molar-refractivity contribution in [1.82, 2.24) is 0 Å². The number of benzene rings is 1. The smallest absolute Gasteiger partial charge is 0.0626 e. The minimum absolute atomic E-state index is 0.632. The zero-order valence-electron chi connectivity index (χ0n) is 3.99. The van der Waals surface area contributed by atoms with Crippen LogP contribution in [-0.2, 0) is 0 Å². The molecule has 0 atom stereocenters. The van der Waals surface area contributed by atoms with E-state index in [2.05, 4.69) is 22.0 Å². The van der Waals surface area contributed by atoms with Crippen LogP contribution in [0.5, 0.6) is 0 Å². The van der Waals surface area contributed by atoms with Crippen molar-refractivity contribution in [1.29, 1.82) is 0 Å². The van der Waals surface area contributed by atoms with Crippen LogP contribution in [0, 0.1) is 6.07 Å². The molecule has 2 heteroatoms. The minimum Gasteiger partial charge on any atom is -0.0824 e. The summed E-state index contributed by atoms with van der Waals surface area (Å²) in [6.45, 7) is 0. The minimum atomic E-state index is 0.632. The molecule has 1 aromatic rings. The topological polar surface area (TPSA) is 0 Å². The van der Waals surface area contributed by atoms with E-state index < -0.39 is 0 Å². The second-order valence-corrected chi connectivity index (χ2v) is 2.56. The molecule has 0 aromatic heterocycles. The molecule has 0 bridgehead atoms. The Kier molecular flexibility index (Phi) is 1.92. The van der Waals surface area contributed by atoms with Crippen molar-refractivity contribution >= 4 is 27.5 Å². The van der Waals surface area contributed by atoms with E-state index in [0.29, 0.717) is 5.02 Å². The normalized spacial score (nSPS) is 9.25. The summed E-state index contributed by atoms with van der Waals surface area (Å²) < 4.78 is 0.890. The summed E-state index contributed by atoms with van der Waals surface area (Å²) >= 11 is 8.84. The quantitative estimate of drug-likeness (QED) is 0.590. The Morgan fingerprint density at radius 3 is 2.75 bits per heavy atom. The van der Waals surface area contributed by atoms with Gasteiger partial charge in [0.15, 0.2) is 0 Å². The summed E-state index contributed by atoms with van der Waals surface area (Å²) in [5.74, 6) is 0. The van der Waals surface area contributed by atoms with Crippen molar-refractivity contribution in [2.75, 3.05) is 0 Å². The Hall–Kier alpha value is -0.0100. The Bertz CT molecular complexity index is 165. The summed E-state index contributed by atoms with van der Waals surface area (Å²) in [6, 6.07) is 8.33. The molecular formula is C6H3BrCl. The van der Waals surface area contributed by atoms with Crippen molar-refractivity contribution in [2.45, 2.75) is 0 Å². The molecule has 0 fully saturated rings. The third-order valence-corrected chi connectivity index (χ3v) is 1.96. The van der Waals surface area contributed by atoms with Gasteiger partial charge in [-0.15, -0.1) is 0 Å². The van der Waals surface area contributed by atoms with Crippen molar-refractivity contribution in [3.8, 4) is 0 Å². The van der Waals surface area contributed by atoms with E-state index in [0.717, 1.165) is 4.47 Å². The standard InChI is InChI=1S/C6H3BrCl/c7-5-3-1-2-4-6(5)8/h1-3H. The SMILES string of the molecule is Clc1[c]cccc1Br. The van der Waals surface area contributed by atoms with Crippen LogP contribution in [0.15, 0.2) is 22.7 Å². The summed E-state index contributed by atoms with van der Waals surface area (Å²) in [5.41, 5.74) is 0. The zero-order valence-corrected chi connectivity index (χ0v) is 6.33. The third kappa shape index (κ3) is 1.23. The van der Waals surface area contributed by atoms with E-state index in [-0.39, 0.29) is 0 Å². The first-order valence-corrected chi connectivity index (χ1v) is 3.29. The van der Waals surface area contributed by atoms with Gasteiger partial charge in [0, 0.05) is 10.5 Å². The van der Waals surface area contributed by atoms with Crippen LogP contribution >= 0.6 is 27.5 Å². The van der Waals surface area contributed by atoms with Crippen LogP contribution in [-0.4, -0.2) is 0 Å². The first-order chi connectivity index (χ1) is 3.80. The fourth-order valence-electron chi connectivity index (χ4n) is 0.396. The maximum Gasteiger partial charge on any atom is 0.0626 e. The van der Waals surface area contributed by atoms with E-state index in [1.165, 1.54) is 0 Å². The molecule has 0 amide bonds. The highest BCUT2D eigenvalue weighted by Gasteiger charge is 1.89. The molecule has 0 nitrogen and oxygen atoms in total. The van der Waals surface area contributed by atoms with Crippen LogP contribution in [0.4, 0.5) is 0 Å². The van der Waals surface area contributed by atoms with Crippen LogP contribution in [0.25, 0.3) is 0 Å². The lowest BCUT2D eigenvalue weighted by molar-refractivity contribution is 1.64. The van der Waals surface area contributed by atoms with Crippen LogP contribution < -0.4 is 0 Å². The molecule has 1 radical (unpaired) electrons. The Morgan fingerprint density at radius 1 is 1.62 bits per heavy atom. The Labute approximate surface area is 61.6 Å². The first-order valence-electron chi connectivity index (χ1n) is 2.12. The molecule has 0 aliphatic rings. The molecule has 1 rings (SSSR count). The van der Waals surface area contributed by atoms with E-state index in [9.17, 15) is 0 Å². The molecule has 0 saturated heterocycles. The lowest BCUT2D eigenvalue weighted by Gasteiger charge is -1.88. The van der Waals surface area contributed by atoms with E-state index >= 15 is 0 Å². The van der Waals surface area contributed by atoms with E-state index in [1.807, 2.05) is 12.1 Å². The molecule has 8 heavy (non-hydrogen) atoms. The summed E-state index contributed by atoms with van der Waals surface area (Å²) in [5, 5.41) is 0.632. The second kappa shape index (κ2) is 2.51. The van der Waals surface area contributed by atoms with E-state index in [4.69, 9.17) is 11.6 Å². The van der Waals surface area contributed by atoms with Gasteiger partial charge < -0.3 is 0 Å². The second-order valence-electron chi connectivity index (χ2n) is 1.33. The highest BCUT2D eigenvalue weighted by atomic mass is 79.9. The predicted octanol–water partition coefficient (Wildman–Crippen LogP) is 2.90. The molecule has 0 heterocycles. The van der Waals surface area contributed by atoms with Gasteiger partial charge in [0.25, 0.3) is 0 Å². The van der Waals surface area contributed by atoms with Gasteiger partial charge >= 0.3 is 0 Å². The number of hydrogen-bond acceptors (Lipinski definition) is 0. The molecule has 0 N–H and O–H groups in total. The van der Waals surface area contributed by atoms with Crippen LogP contribution in [0.3, 0.4) is 0 Å². The number of rotatable bonds is 0. The van der Waals surface area contributed by atoms with Gasteiger partial charge in [-0.25, -0.2) is 0 Å². The Balaban J connectivity index is 3.13. The highest BCUT2D eigenvalue weighted by Crippen LogP contribution is 2.19. The van der Waals surface area contributed by atoms with Crippen LogP contribution in [0.2, 0.25) is 5.02 Å². The summed E-state index contributed by atoms with van der Waals surface area (Å²) in [6.07, 6.45) is 0. The average Bonchev–Trinajstić information content (AvgIpc) is 1.77. The monoisotopic (exact) mass is 189 g/mol. The third-order valence-electron chi connectivity index (χ3n) is 0.759. The van der Waals surface area contributed by atoms with Gasteiger partial charge in [-0.3, -0.25) is 0 Å². The van der Waals surface area contributed by atoms with Crippen molar-refractivity contribution in [3.05, 3.63) is 33.8 Å². The van der Waals surface area contributed by atoms with Gasteiger partial charge in [0.05, 0.1) is 5.02 Å². The molecule has 0 saturated carbocycles. The lowest BCUT2D eigenvalue weighted by atomic mass is 10.4. The van der Waals surface area contributed by atoms with Gasteiger partial charge in [0.2, 0.25) is 0 Å². The summed E-state index contributed by atoms with van der Waals surface area (Å²) in [4.78, 5) is 0. The van der Waals surface area contributed by atoms with E-state index in [1.54, 1.807) is 6.07 Å². The number of halogens is 2. The van der Waals surface area contributed by atoms with Gasteiger partial charge in [0.1, 0.15) is 0 Å². The number of hydrogen-bond donors (Lipinski definition) is 0. The molecule has 41 valence electrons. The maximum atomic E-state index is 5.61. The first kappa shape index (κ1) is 6.12. The fourth-order valence-corrected chi connectivity index (χ4v) is 0.789. The highest BCUT2D eigenvalue weighted by molar-refractivity contribution is 9.10. The van der Waals surface area contributed by atoms with Crippen molar-refractivity contribution in [2.24, 2.45) is 0 Å². The lowest BCUT2D eigenvalue weighted by Crippen LogP contribution is -1.63.